The molecule has 0 aromatic heterocycles. The van der Waals surface area contributed by atoms with E-state index in [9.17, 15) is 8.42 Å². The minimum atomic E-state index is -2.95. The number of allylic oxidation sites excluding steroid dienone is 1. The summed E-state index contributed by atoms with van der Waals surface area (Å²) in [6, 6.07) is 0. The highest BCUT2D eigenvalue weighted by atomic mass is 35.5. The highest BCUT2D eigenvalue weighted by Crippen LogP contribution is 1.91. The zero-order chi connectivity index (χ0) is 7.33. The van der Waals surface area contributed by atoms with Crippen LogP contribution in [0.15, 0.2) is 11.5 Å². The number of hydrogen-bond acceptors (Lipinski definition) is 2. The Morgan fingerprint density at radius 3 is 2.44 bits per heavy atom. The van der Waals surface area contributed by atoms with Crippen molar-refractivity contribution in [3.63, 3.8) is 0 Å². The molecule has 9 heavy (non-hydrogen) atoms. The lowest BCUT2D eigenvalue weighted by atomic mass is 10.8. The van der Waals surface area contributed by atoms with Crippen LogP contribution in [0.3, 0.4) is 0 Å². The molecular formula is C5H9ClO2S. The van der Waals surface area contributed by atoms with Crippen LogP contribution < -0.4 is 0 Å². The number of sulfone groups is 1. The second-order valence-corrected chi connectivity index (χ2v) is 3.96. The van der Waals surface area contributed by atoms with Gasteiger partial charge in [-0.2, -0.15) is 0 Å². The Morgan fingerprint density at radius 2 is 2.11 bits per heavy atom. The van der Waals surface area contributed by atoms with Crippen LogP contribution in [0.5, 0.6) is 0 Å². The maximum absolute atomic E-state index is 10.6. The molecule has 0 aliphatic heterocycles. The SMILES string of the molecule is CCS(=O)(=O)/C=C/CCl. The van der Waals surface area contributed by atoms with Gasteiger partial charge in [0.2, 0.25) is 0 Å². The van der Waals surface area contributed by atoms with Crippen molar-refractivity contribution in [1.29, 1.82) is 0 Å². The lowest BCUT2D eigenvalue weighted by Gasteiger charge is -1.87. The number of rotatable bonds is 3. The van der Waals surface area contributed by atoms with Gasteiger partial charge < -0.3 is 0 Å². The van der Waals surface area contributed by atoms with Gasteiger partial charge in [0.15, 0.2) is 9.84 Å². The smallest absolute Gasteiger partial charge is 0.171 e. The molecule has 0 amide bonds. The van der Waals surface area contributed by atoms with E-state index < -0.39 is 9.84 Å². The van der Waals surface area contributed by atoms with Crippen LogP contribution in [0, 0.1) is 0 Å². The molecule has 0 saturated heterocycles. The standard InChI is InChI=1S/C5H9ClO2S/c1-2-9(7,8)5-3-4-6/h3,5H,2,4H2,1H3/b5-3+. The lowest BCUT2D eigenvalue weighted by Crippen LogP contribution is -1.96. The Labute approximate surface area is 60.4 Å². The second kappa shape index (κ2) is 3.90. The summed E-state index contributed by atoms with van der Waals surface area (Å²) in [5.74, 6) is 0.389. The van der Waals surface area contributed by atoms with Crippen molar-refractivity contribution in [3.8, 4) is 0 Å². The highest BCUT2D eigenvalue weighted by Gasteiger charge is 1.97. The molecule has 0 bridgehead atoms. The van der Waals surface area contributed by atoms with E-state index in [0.29, 0.717) is 0 Å². The Bertz CT molecular complexity index is 181. The Morgan fingerprint density at radius 1 is 1.56 bits per heavy atom. The van der Waals surface area contributed by atoms with Crippen LogP contribution in [0.1, 0.15) is 6.92 Å². The van der Waals surface area contributed by atoms with Crippen molar-refractivity contribution < 1.29 is 8.42 Å². The molecule has 2 nitrogen and oxygen atoms in total. The van der Waals surface area contributed by atoms with Gasteiger partial charge >= 0.3 is 0 Å². The minimum Gasteiger partial charge on any atom is -0.224 e. The van der Waals surface area contributed by atoms with Gasteiger partial charge in [0.05, 0.1) is 5.75 Å². The summed E-state index contributed by atoms with van der Waals surface area (Å²) < 4.78 is 21.2. The molecule has 54 valence electrons. The first-order valence-electron chi connectivity index (χ1n) is 2.57. The number of hydrogen-bond donors (Lipinski definition) is 0. The Hall–Kier alpha value is -0.0200. The third kappa shape index (κ3) is 4.48. The predicted octanol–water partition coefficient (Wildman–Crippen LogP) is 1.17. The summed E-state index contributed by atoms with van der Waals surface area (Å²) >= 11 is 5.21. The Balaban J connectivity index is 4.04. The van der Waals surface area contributed by atoms with Crippen molar-refractivity contribution >= 4 is 21.4 Å². The summed E-state index contributed by atoms with van der Waals surface area (Å²) in [6.45, 7) is 1.59. The Kier molecular flexibility index (Phi) is 3.89. The third-order valence-electron chi connectivity index (χ3n) is 0.795. The van der Waals surface area contributed by atoms with Gasteiger partial charge in [-0.05, 0) is 0 Å². The van der Waals surface area contributed by atoms with Crippen molar-refractivity contribution in [2.75, 3.05) is 11.6 Å². The van der Waals surface area contributed by atoms with Gasteiger partial charge in [-0.3, -0.25) is 0 Å². The van der Waals surface area contributed by atoms with E-state index in [4.69, 9.17) is 11.6 Å². The molecule has 0 rings (SSSR count). The van der Waals surface area contributed by atoms with Crippen molar-refractivity contribution in [3.05, 3.63) is 11.5 Å². The molecule has 0 aromatic carbocycles. The number of halogens is 1. The largest absolute Gasteiger partial charge is 0.224 e. The van der Waals surface area contributed by atoms with E-state index in [1.165, 1.54) is 6.08 Å². The van der Waals surface area contributed by atoms with Gasteiger partial charge in [0.25, 0.3) is 0 Å². The van der Waals surface area contributed by atoms with E-state index in [1.807, 2.05) is 0 Å². The molecule has 0 aliphatic carbocycles. The first-order valence-corrected chi connectivity index (χ1v) is 4.82. The molecule has 0 saturated carbocycles. The molecule has 4 heteroatoms. The molecule has 0 heterocycles. The minimum absolute atomic E-state index is 0.139. The summed E-state index contributed by atoms with van der Waals surface area (Å²) in [7, 11) is -2.95. The zero-order valence-electron chi connectivity index (χ0n) is 5.17. The van der Waals surface area contributed by atoms with Gasteiger partial charge in [0.1, 0.15) is 0 Å². The quantitative estimate of drug-likeness (QED) is 0.593. The molecule has 0 spiro atoms. The maximum atomic E-state index is 10.6. The molecule has 0 atom stereocenters. The fraction of sp³-hybridized carbons (Fsp3) is 0.600. The van der Waals surface area contributed by atoms with E-state index in [1.54, 1.807) is 6.92 Å². The first kappa shape index (κ1) is 8.98. The third-order valence-corrected chi connectivity index (χ3v) is 2.39. The van der Waals surface area contributed by atoms with E-state index in [2.05, 4.69) is 0 Å². The zero-order valence-corrected chi connectivity index (χ0v) is 6.74. The topological polar surface area (TPSA) is 34.1 Å². The summed E-state index contributed by atoms with van der Waals surface area (Å²) in [5, 5.41) is 1.14. The fourth-order valence-electron chi connectivity index (χ4n) is 0.279. The normalized spacial score (nSPS) is 12.7. The van der Waals surface area contributed by atoms with Gasteiger partial charge in [-0.25, -0.2) is 8.42 Å². The first-order chi connectivity index (χ1) is 4.12. The predicted molar refractivity (Wildman–Crippen MR) is 39.3 cm³/mol. The monoisotopic (exact) mass is 168 g/mol. The van der Waals surface area contributed by atoms with Crippen LogP contribution in [0.2, 0.25) is 0 Å². The van der Waals surface area contributed by atoms with Crippen molar-refractivity contribution in [1.82, 2.24) is 0 Å². The van der Waals surface area contributed by atoms with Crippen molar-refractivity contribution in [2.45, 2.75) is 6.92 Å². The van der Waals surface area contributed by atoms with Crippen LogP contribution in [-0.2, 0) is 9.84 Å². The molecule has 0 radical (unpaired) electrons. The van der Waals surface area contributed by atoms with E-state index in [0.717, 1.165) is 5.41 Å². The van der Waals surface area contributed by atoms with E-state index in [-0.39, 0.29) is 11.6 Å². The van der Waals surface area contributed by atoms with Crippen LogP contribution in [0.4, 0.5) is 0 Å². The summed E-state index contributed by atoms with van der Waals surface area (Å²) in [4.78, 5) is 0. The molecule has 0 aliphatic rings. The average Bonchev–Trinajstić information content (AvgIpc) is 1.84. The fourth-order valence-corrected chi connectivity index (χ4v) is 1.06. The molecule has 0 fully saturated rings. The van der Waals surface area contributed by atoms with Gasteiger partial charge in [-0.15, -0.1) is 11.6 Å². The molecular weight excluding hydrogens is 160 g/mol. The molecule has 0 unspecified atom stereocenters. The summed E-state index contributed by atoms with van der Waals surface area (Å²) in [6.07, 6.45) is 1.42. The van der Waals surface area contributed by atoms with Crippen LogP contribution >= 0.6 is 11.6 Å². The highest BCUT2D eigenvalue weighted by molar-refractivity contribution is 7.94. The van der Waals surface area contributed by atoms with Crippen LogP contribution in [-0.4, -0.2) is 20.1 Å². The lowest BCUT2D eigenvalue weighted by molar-refractivity contribution is 0.605. The molecule has 0 N–H and O–H groups in total. The summed E-state index contributed by atoms with van der Waals surface area (Å²) in [5.41, 5.74) is 0. The van der Waals surface area contributed by atoms with Gasteiger partial charge in [0, 0.05) is 11.3 Å². The molecule has 0 aromatic rings. The number of alkyl halides is 1. The van der Waals surface area contributed by atoms with Crippen molar-refractivity contribution in [2.24, 2.45) is 0 Å². The maximum Gasteiger partial charge on any atom is 0.171 e. The average molecular weight is 169 g/mol. The van der Waals surface area contributed by atoms with Gasteiger partial charge in [-0.1, -0.05) is 13.0 Å². The second-order valence-electron chi connectivity index (χ2n) is 1.48. The van der Waals surface area contributed by atoms with Crippen LogP contribution in [0.25, 0.3) is 0 Å². The van der Waals surface area contributed by atoms with E-state index >= 15 is 0 Å².